The van der Waals surface area contributed by atoms with Crippen molar-refractivity contribution in [3.05, 3.63) is 77.4 Å². The Balaban J connectivity index is 1.47. The number of aliphatic hydroxyl groups is 1. The van der Waals surface area contributed by atoms with Crippen LogP contribution in [0.3, 0.4) is 0 Å². The molecule has 1 unspecified atom stereocenters. The van der Waals surface area contributed by atoms with Crippen LogP contribution < -0.4 is 0 Å². The van der Waals surface area contributed by atoms with Crippen LogP contribution in [0, 0.1) is 36.0 Å². The molecule has 0 aliphatic heterocycles. The Hall–Kier alpha value is -1.95. The molecule has 0 amide bonds. The second-order valence-corrected chi connectivity index (χ2v) is 15.0. The third-order valence-electron chi connectivity index (χ3n) is 10.3. The molecule has 4 rings (SSSR count). The van der Waals surface area contributed by atoms with Crippen molar-refractivity contribution in [2.24, 2.45) is 29.1 Å². The maximum absolute atomic E-state index is 12.9. The summed E-state index contributed by atoms with van der Waals surface area (Å²) in [6.45, 7) is 17.1. The molecule has 0 radical (unpaired) electrons. The van der Waals surface area contributed by atoms with Gasteiger partial charge in [0.1, 0.15) is 0 Å². The van der Waals surface area contributed by atoms with E-state index in [4.69, 9.17) is 4.18 Å². The molecule has 0 heterocycles. The lowest BCUT2D eigenvalue weighted by atomic mass is 9.61. The SMILES string of the molecule is C=C1CC[C@H](OS(=O)(=O)c2ccc(C)cc2)CC1=CC=C1CCC[C@@]2(C)C1CC[C@@H]2[C@H](C)/C=C/[C@@](C)(O)C(C)C. The van der Waals surface area contributed by atoms with Gasteiger partial charge in [-0.3, -0.25) is 4.18 Å². The summed E-state index contributed by atoms with van der Waals surface area (Å²) in [5.74, 6) is 1.77. The van der Waals surface area contributed by atoms with Gasteiger partial charge in [0.25, 0.3) is 10.1 Å². The molecule has 1 aromatic carbocycles. The average Bonchev–Trinajstić information content (AvgIpc) is 3.25. The molecule has 4 nitrogen and oxygen atoms in total. The first-order valence-electron chi connectivity index (χ1n) is 15.2. The van der Waals surface area contributed by atoms with Crippen LogP contribution in [0.25, 0.3) is 0 Å². The van der Waals surface area contributed by atoms with Crippen molar-refractivity contribution in [2.75, 3.05) is 0 Å². The first-order valence-corrected chi connectivity index (χ1v) is 16.6. The molecule has 3 aliphatic rings. The third kappa shape index (κ3) is 6.74. The molecule has 0 aromatic heterocycles. The van der Waals surface area contributed by atoms with E-state index in [0.717, 1.165) is 29.6 Å². The van der Waals surface area contributed by atoms with Crippen molar-refractivity contribution < 1.29 is 17.7 Å². The van der Waals surface area contributed by atoms with Gasteiger partial charge in [-0.05, 0) is 106 Å². The van der Waals surface area contributed by atoms with Gasteiger partial charge in [0, 0.05) is 6.42 Å². The number of benzene rings is 1. The van der Waals surface area contributed by atoms with Crippen molar-refractivity contribution in [3.8, 4) is 0 Å². The van der Waals surface area contributed by atoms with Gasteiger partial charge in [0.15, 0.2) is 0 Å². The van der Waals surface area contributed by atoms with Gasteiger partial charge in [-0.15, -0.1) is 0 Å². The molecule has 40 heavy (non-hydrogen) atoms. The van der Waals surface area contributed by atoms with Crippen LogP contribution in [0.1, 0.15) is 91.5 Å². The zero-order valence-corrected chi connectivity index (χ0v) is 26.3. The molecule has 220 valence electrons. The average molecular weight is 567 g/mol. The molecular formula is C35H50O4S. The number of allylic oxidation sites excluding steroid dienone is 5. The largest absolute Gasteiger partial charge is 0.386 e. The quantitative estimate of drug-likeness (QED) is 0.253. The highest BCUT2D eigenvalue weighted by Crippen LogP contribution is 2.59. The lowest BCUT2D eigenvalue weighted by Crippen LogP contribution is -2.36. The molecule has 3 fully saturated rings. The number of hydrogen-bond donors (Lipinski definition) is 1. The van der Waals surface area contributed by atoms with Gasteiger partial charge in [-0.2, -0.15) is 8.42 Å². The van der Waals surface area contributed by atoms with Crippen LogP contribution >= 0.6 is 0 Å². The van der Waals surface area contributed by atoms with E-state index in [1.165, 1.54) is 31.3 Å². The third-order valence-corrected chi connectivity index (χ3v) is 11.7. The highest BCUT2D eigenvalue weighted by atomic mass is 32.2. The van der Waals surface area contributed by atoms with Crippen LogP contribution in [-0.4, -0.2) is 25.2 Å². The van der Waals surface area contributed by atoms with Crippen molar-refractivity contribution >= 4 is 10.1 Å². The van der Waals surface area contributed by atoms with Crippen LogP contribution in [0.5, 0.6) is 0 Å². The topological polar surface area (TPSA) is 63.6 Å². The summed E-state index contributed by atoms with van der Waals surface area (Å²) in [5.41, 5.74) is 4.22. The molecule has 5 heteroatoms. The minimum Gasteiger partial charge on any atom is -0.386 e. The number of fused-ring (bicyclic) bond motifs is 1. The lowest BCUT2D eigenvalue weighted by Gasteiger charge is -2.44. The van der Waals surface area contributed by atoms with E-state index in [9.17, 15) is 13.5 Å². The van der Waals surface area contributed by atoms with Crippen molar-refractivity contribution in [3.63, 3.8) is 0 Å². The highest BCUT2D eigenvalue weighted by molar-refractivity contribution is 7.86. The van der Waals surface area contributed by atoms with Gasteiger partial charge in [0.2, 0.25) is 0 Å². The van der Waals surface area contributed by atoms with E-state index < -0.39 is 15.7 Å². The van der Waals surface area contributed by atoms with Crippen LogP contribution in [0.2, 0.25) is 0 Å². The van der Waals surface area contributed by atoms with Gasteiger partial charge in [-0.1, -0.05) is 87.4 Å². The molecule has 0 saturated heterocycles. The summed E-state index contributed by atoms with van der Waals surface area (Å²) in [7, 11) is -3.80. The summed E-state index contributed by atoms with van der Waals surface area (Å²) in [5, 5.41) is 10.7. The van der Waals surface area contributed by atoms with E-state index in [-0.39, 0.29) is 22.3 Å². The lowest BCUT2D eigenvalue weighted by molar-refractivity contribution is 0.0607. The second-order valence-electron chi connectivity index (χ2n) is 13.5. The minimum absolute atomic E-state index is 0.183. The zero-order chi connectivity index (χ0) is 29.3. The maximum Gasteiger partial charge on any atom is 0.297 e. The Kier molecular flexibility index (Phi) is 9.39. The fraction of sp³-hybridized carbons (Fsp3) is 0.600. The van der Waals surface area contributed by atoms with Crippen LogP contribution in [-0.2, 0) is 14.3 Å². The minimum atomic E-state index is -3.80. The smallest absolute Gasteiger partial charge is 0.297 e. The van der Waals surface area contributed by atoms with Gasteiger partial charge < -0.3 is 5.11 Å². The Morgan fingerprint density at radius 3 is 2.48 bits per heavy atom. The predicted octanol–water partition coefficient (Wildman–Crippen LogP) is 8.48. The predicted molar refractivity (Wildman–Crippen MR) is 164 cm³/mol. The van der Waals surface area contributed by atoms with Crippen molar-refractivity contribution in [1.29, 1.82) is 0 Å². The van der Waals surface area contributed by atoms with Gasteiger partial charge in [-0.25, -0.2) is 0 Å². The summed E-state index contributed by atoms with van der Waals surface area (Å²) < 4.78 is 31.5. The maximum atomic E-state index is 12.9. The molecule has 3 saturated carbocycles. The molecule has 1 aromatic rings. The fourth-order valence-corrected chi connectivity index (χ4v) is 8.32. The molecule has 3 aliphatic carbocycles. The summed E-state index contributed by atoms with van der Waals surface area (Å²) >= 11 is 0. The monoisotopic (exact) mass is 566 g/mol. The number of aryl methyl sites for hydroxylation is 1. The Morgan fingerprint density at radius 1 is 1.10 bits per heavy atom. The second kappa shape index (κ2) is 12.1. The van der Waals surface area contributed by atoms with Gasteiger partial charge in [0.05, 0.1) is 16.6 Å². The Bertz CT molecular complexity index is 1260. The summed E-state index contributed by atoms with van der Waals surface area (Å²) in [4.78, 5) is 0.212. The normalized spacial score (nSPS) is 32.1. The number of hydrogen-bond acceptors (Lipinski definition) is 4. The van der Waals surface area contributed by atoms with Crippen molar-refractivity contribution in [1.82, 2.24) is 0 Å². The van der Waals surface area contributed by atoms with E-state index in [0.29, 0.717) is 30.6 Å². The molecule has 6 atom stereocenters. The van der Waals surface area contributed by atoms with E-state index in [2.05, 4.69) is 52.5 Å². The van der Waals surface area contributed by atoms with Crippen LogP contribution in [0.4, 0.5) is 0 Å². The Morgan fingerprint density at radius 2 is 1.80 bits per heavy atom. The molecule has 0 spiro atoms. The van der Waals surface area contributed by atoms with Gasteiger partial charge >= 0.3 is 0 Å². The molecule has 1 N–H and O–H groups in total. The first-order chi connectivity index (χ1) is 18.7. The van der Waals surface area contributed by atoms with E-state index in [1.807, 2.05) is 19.9 Å². The highest BCUT2D eigenvalue weighted by Gasteiger charge is 2.50. The summed E-state index contributed by atoms with van der Waals surface area (Å²) in [6, 6.07) is 6.83. The summed E-state index contributed by atoms with van der Waals surface area (Å²) in [6.07, 6.45) is 16.4. The van der Waals surface area contributed by atoms with E-state index >= 15 is 0 Å². The first kappa shape index (κ1) is 31.0. The fourth-order valence-electron chi connectivity index (χ4n) is 7.22. The standard InChI is InChI=1S/C35H50O4S/c1-24(2)35(7,36)22-20-27(5)32-18-19-33-28(9-8-21-34(32,33)6)13-14-29-23-30(15-12-26(29)4)39-40(37,38)31-16-10-25(3)11-17-31/h10-11,13-14,16-17,20,22,24,27,30,32-33,36H,4,8-9,12,15,18-19,21,23H2,1-3,5-7H3/b22-20+,28-13?,29-14?/t27-,30+,32-,33?,34-,35-/m1/s1. The molecule has 0 bridgehead atoms. The Labute approximate surface area is 243 Å². The van der Waals surface area contributed by atoms with Crippen LogP contribution in [0.15, 0.2) is 76.8 Å². The van der Waals surface area contributed by atoms with E-state index in [1.54, 1.807) is 24.3 Å². The van der Waals surface area contributed by atoms with Crippen molar-refractivity contribution in [2.45, 2.75) is 110 Å². The molecular weight excluding hydrogens is 516 g/mol. The number of rotatable bonds is 8. The zero-order valence-electron chi connectivity index (χ0n) is 25.4.